The van der Waals surface area contributed by atoms with Crippen LogP contribution in [0.25, 0.3) is 0 Å². The lowest BCUT2D eigenvalue weighted by Gasteiger charge is -2.08. The fourth-order valence-corrected chi connectivity index (χ4v) is 0.621. The van der Waals surface area contributed by atoms with Crippen molar-refractivity contribution in [2.24, 2.45) is 0 Å². The molecule has 0 aromatic heterocycles. The van der Waals surface area contributed by atoms with Gasteiger partial charge in [-0.15, -0.1) is 0 Å². The summed E-state index contributed by atoms with van der Waals surface area (Å²) in [6, 6.07) is 0. The summed E-state index contributed by atoms with van der Waals surface area (Å²) in [5, 5.41) is 0. The van der Waals surface area contributed by atoms with Gasteiger partial charge in [0.1, 0.15) is 6.10 Å². The summed E-state index contributed by atoms with van der Waals surface area (Å²) < 4.78 is 9.60. The van der Waals surface area contributed by atoms with Gasteiger partial charge in [0.25, 0.3) is 0 Å². The standard InChI is InChI=1S/C12H16O4/c1-8(2)11(13)15-7-6-10(5)16-12(14)9(3)4/h6-7,10H,1,3H2,2,4-5H3. The maximum Gasteiger partial charge on any atom is 0.337 e. The second kappa shape index (κ2) is 6.61. The first kappa shape index (κ1) is 14.2. The second-order valence-corrected chi connectivity index (χ2v) is 3.40. The molecule has 0 amide bonds. The van der Waals surface area contributed by atoms with E-state index in [9.17, 15) is 9.59 Å². The van der Waals surface area contributed by atoms with Gasteiger partial charge < -0.3 is 9.47 Å². The molecule has 0 saturated carbocycles. The maximum atomic E-state index is 11.1. The molecule has 0 radical (unpaired) electrons. The van der Waals surface area contributed by atoms with Crippen molar-refractivity contribution in [2.75, 3.05) is 0 Å². The molecule has 0 aliphatic carbocycles. The Hall–Kier alpha value is -1.84. The Morgan fingerprint density at radius 2 is 1.62 bits per heavy atom. The van der Waals surface area contributed by atoms with Crippen LogP contribution in [0.15, 0.2) is 36.6 Å². The molecule has 88 valence electrons. The molecule has 16 heavy (non-hydrogen) atoms. The summed E-state index contributed by atoms with van der Waals surface area (Å²) in [5.41, 5.74) is 0.621. The molecule has 0 saturated heterocycles. The summed E-state index contributed by atoms with van der Waals surface area (Å²) in [6.07, 6.45) is 2.14. The van der Waals surface area contributed by atoms with E-state index in [-0.39, 0.29) is 0 Å². The molecule has 0 aromatic rings. The molecule has 0 aliphatic heterocycles. The van der Waals surface area contributed by atoms with Gasteiger partial charge in [0.2, 0.25) is 0 Å². The largest absolute Gasteiger partial charge is 0.455 e. The van der Waals surface area contributed by atoms with Crippen LogP contribution in [0.1, 0.15) is 20.8 Å². The number of carbonyl (C=O) groups excluding carboxylic acids is 2. The molecule has 0 rings (SSSR count). The molecule has 0 aliphatic rings. The van der Waals surface area contributed by atoms with E-state index >= 15 is 0 Å². The summed E-state index contributed by atoms with van der Waals surface area (Å²) >= 11 is 0. The van der Waals surface area contributed by atoms with Crippen LogP contribution in [0, 0.1) is 0 Å². The first-order valence-electron chi connectivity index (χ1n) is 4.74. The zero-order valence-corrected chi connectivity index (χ0v) is 9.78. The third-order valence-corrected chi connectivity index (χ3v) is 1.51. The molecule has 0 fully saturated rings. The lowest BCUT2D eigenvalue weighted by atomic mass is 10.3. The third kappa shape index (κ3) is 5.80. The van der Waals surface area contributed by atoms with Gasteiger partial charge >= 0.3 is 11.9 Å². The van der Waals surface area contributed by atoms with Crippen LogP contribution in [0.5, 0.6) is 0 Å². The minimum Gasteiger partial charge on any atom is -0.455 e. The van der Waals surface area contributed by atoms with Gasteiger partial charge in [-0.25, -0.2) is 9.59 Å². The smallest absolute Gasteiger partial charge is 0.337 e. The first-order chi connectivity index (χ1) is 7.34. The van der Waals surface area contributed by atoms with E-state index in [4.69, 9.17) is 4.74 Å². The zero-order chi connectivity index (χ0) is 12.7. The van der Waals surface area contributed by atoms with Gasteiger partial charge in [-0.05, 0) is 26.8 Å². The Morgan fingerprint density at radius 3 is 2.06 bits per heavy atom. The topological polar surface area (TPSA) is 52.6 Å². The Kier molecular flexibility index (Phi) is 5.85. The van der Waals surface area contributed by atoms with E-state index in [1.165, 1.54) is 12.3 Å². The van der Waals surface area contributed by atoms with Crippen molar-refractivity contribution in [3.8, 4) is 0 Å². The van der Waals surface area contributed by atoms with Crippen molar-refractivity contribution in [3.05, 3.63) is 36.6 Å². The summed E-state index contributed by atoms with van der Waals surface area (Å²) in [6.45, 7) is 11.6. The summed E-state index contributed by atoms with van der Waals surface area (Å²) in [4.78, 5) is 22.0. The van der Waals surface area contributed by atoms with Gasteiger partial charge in [0.15, 0.2) is 0 Å². The van der Waals surface area contributed by atoms with Crippen molar-refractivity contribution >= 4 is 11.9 Å². The fourth-order valence-electron chi connectivity index (χ4n) is 0.621. The van der Waals surface area contributed by atoms with Crippen LogP contribution >= 0.6 is 0 Å². The minimum absolute atomic E-state index is 0.302. The Bertz CT molecular complexity index is 339. The number of esters is 2. The van der Waals surface area contributed by atoms with E-state index in [0.717, 1.165) is 0 Å². The lowest BCUT2D eigenvalue weighted by molar-refractivity contribution is -0.141. The highest BCUT2D eigenvalue weighted by Gasteiger charge is 2.07. The van der Waals surface area contributed by atoms with Gasteiger partial charge in [0.05, 0.1) is 6.26 Å². The van der Waals surface area contributed by atoms with Crippen molar-refractivity contribution in [3.63, 3.8) is 0 Å². The number of ether oxygens (including phenoxy) is 2. The molecule has 0 heterocycles. The van der Waals surface area contributed by atoms with Crippen molar-refractivity contribution < 1.29 is 19.1 Å². The molecule has 1 unspecified atom stereocenters. The third-order valence-electron chi connectivity index (χ3n) is 1.51. The highest BCUT2D eigenvalue weighted by Crippen LogP contribution is 2.00. The van der Waals surface area contributed by atoms with Crippen LogP contribution in [-0.4, -0.2) is 18.0 Å². The van der Waals surface area contributed by atoms with E-state index in [0.29, 0.717) is 11.1 Å². The average molecular weight is 224 g/mol. The van der Waals surface area contributed by atoms with Crippen molar-refractivity contribution in [2.45, 2.75) is 26.9 Å². The predicted octanol–water partition coefficient (Wildman–Crippen LogP) is 2.13. The van der Waals surface area contributed by atoms with Crippen LogP contribution in [-0.2, 0) is 19.1 Å². The van der Waals surface area contributed by atoms with Gasteiger partial charge in [-0.1, -0.05) is 13.2 Å². The molecule has 4 heteroatoms. The van der Waals surface area contributed by atoms with E-state index in [1.54, 1.807) is 20.8 Å². The Balaban J connectivity index is 4.05. The van der Waals surface area contributed by atoms with E-state index in [1.807, 2.05) is 0 Å². The van der Waals surface area contributed by atoms with Crippen LogP contribution < -0.4 is 0 Å². The van der Waals surface area contributed by atoms with Crippen LogP contribution in [0.3, 0.4) is 0 Å². The Labute approximate surface area is 95.2 Å². The minimum atomic E-state index is -0.519. The molecular formula is C12H16O4. The quantitative estimate of drug-likeness (QED) is 0.408. The molecular weight excluding hydrogens is 208 g/mol. The molecule has 0 bridgehead atoms. The molecule has 0 N–H and O–H groups in total. The monoisotopic (exact) mass is 224 g/mol. The van der Waals surface area contributed by atoms with Gasteiger partial charge in [-0.3, -0.25) is 0 Å². The number of carbonyl (C=O) groups is 2. The van der Waals surface area contributed by atoms with Gasteiger partial charge in [0, 0.05) is 11.1 Å². The van der Waals surface area contributed by atoms with Crippen molar-refractivity contribution in [1.29, 1.82) is 0 Å². The molecule has 0 spiro atoms. The molecule has 1 atom stereocenters. The first-order valence-corrected chi connectivity index (χ1v) is 4.74. The highest BCUT2D eigenvalue weighted by atomic mass is 16.5. The zero-order valence-electron chi connectivity index (χ0n) is 9.78. The normalized spacial score (nSPS) is 11.9. The Morgan fingerprint density at radius 1 is 1.12 bits per heavy atom. The molecule has 0 aromatic carbocycles. The van der Waals surface area contributed by atoms with E-state index in [2.05, 4.69) is 17.9 Å². The number of hydrogen-bond donors (Lipinski definition) is 0. The predicted molar refractivity (Wildman–Crippen MR) is 60.4 cm³/mol. The number of hydrogen-bond acceptors (Lipinski definition) is 4. The molecule has 4 nitrogen and oxygen atoms in total. The summed E-state index contributed by atoms with van der Waals surface area (Å²) in [5.74, 6) is -1.00. The summed E-state index contributed by atoms with van der Waals surface area (Å²) in [7, 11) is 0. The van der Waals surface area contributed by atoms with E-state index < -0.39 is 18.0 Å². The lowest BCUT2D eigenvalue weighted by Crippen LogP contribution is -2.13. The van der Waals surface area contributed by atoms with Crippen LogP contribution in [0.2, 0.25) is 0 Å². The fraction of sp³-hybridized carbons (Fsp3) is 0.333. The maximum absolute atomic E-state index is 11.1. The number of rotatable bonds is 5. The van der Waals surface area contributed by atoms with Crippen molar-refractivity contribution in [1.82, 2.24) is 0 Å². The van der Waals surface area contributed by atoms with Gasteiger partial charge in [-0.2, -0.15) is 0 Å². The van der Waals surface area contributed by atoms with Crippen LogP contribution in [0.4, 0.5) is 0 Å². The SMILES string of the molecule is C=C(C)C(=O)OC=CC(C)OC(=O)C(=C)C. The highest BCUT2D eigenvalue weighted by molar-refractivity contribution is 5.87. The second-order valence-electron chi connectivity index (χ2n) is 3.40. The average Bonchev–Trinajstić information content (AvgIpc) is 2.16.